The van der Waals surface area contributed by atoms with Crippen molar-refractivity contribution < 1.29 is 13.2 Å². The topological polar surface area (TPSA) is 63.2 Å². The molecule has 0 radical (unpaired) electrons. The first-order valence-electron chi connectivity index (χ1n) is 7.22. The van der Waals surface area contributed by atoms with E-state index >= 15 is 0 Å². The van der Waals surface area contributed by atoms with Crippen LogP contribution in [0.4, 0.5) is 5.69 Å². The molecule has 122 valence electrons. The number of aryl methyl sites for hydroxylation is 1. The van der Waals surface area contributed by atoms with Gasteiger partial charge in [0.2, 0.25) is 5.91 Å². The molecule has 0 spiro atoms. The highest BCUT2D eigenvalue weighted by Crippen LogP contribution is 2.16. The number of rotatable bonds is 6. The van der Waals surface area contributed by atoms with Crippen molar-refractivity contribution in [1.82, 2.24) is 0 Å². The Bertz CT molecular complexity index is 768. The lowest BCUT2D eigenvalue weighted by atomic mass is 10.2. The first kappa shape index (κ1) is 17.7. The molecule has 0 saturated carbocycles. The molecule has 4 nitrogen and oxygen atoms in total. The van der Waals surface area contributed by atoms with E-state index in [-0.39, 0.29) is 18.1 Å². The number of amides is 1. The fourth-order valence-electron chi connectivity index (χ4n) is 2.04. The summed E-state index contributed by atoms with van der Waals surface area (Å²) >= 11 is 3.32. The number of carbonyl (C=O) groups excluding carboxylic acids is 1. The van der Waals surface area contributed by atoms with Crippen LogP contribution in [-0.2, 0) is 14.6 Å². The summed E-state index contributed by atoms with van der Waals surface area (Å²) < 4.78 is 25.3. The first-order chi connectivity index (χ1) is 10.9. The van der Waals surface area contributed by atoms with Crippen LogP contribution in [0.25, 0.3) is 0 Å². The highest BCUT2D eigenvalue weighted by molar-refractivity contribution is 9.10. The van der Waals surface area contributed by atoms with E-state index in [9.17, 15) is 13.2 Å². The van der Waals surface area contributed by atoms with E-state index in [0.717, 1.165) is 10.0 Å². The summed E-state index contributed by atoms with van der Waals surface area (Å²) in [5.74, 6) is -0.226. The zero-order valence-electron chi connectivity index (χ0n) is 12.8. The number of halogens is 1. The van der Waals surface area contributed by atoms with Gasteiger partial charge >= 0.3 is 0 Å². The standard InChI is InChI=1S/C17H18BrNO3S/c1-13-4-10-16(11-5-13)23(21,22)12-2-3-17(20)19-15-8-6-14(18)7-9-15/h4-11H,2-3,12H2,1H3,(H,19,20). The molecule has 0 saturated heterocycles. The van der Waals surface area contributed by atoms with Crippen LogP contribution in [-0.4, -0.2) is 20.1 Å². The highest BCUT2D eigenvalue weighted by atomic mass is 79.9. The summed E-state index contributed by atoms with van der Waals surface area (Å²) in [6.45, 7) is 1.91. The Labute approximate surface area is 145 Å². The SMILES string of the molecule is Cc1ccc(S(=O)(=O)CCCC(=O)Nc2ccc(Br)cc2)cc1. The molecule has 2 aromatic rings. The number of anilines is 1. The van der Waals surface area contributed by atoms with Gasteiger partial charge in [-0.15, -0.1) is 0 Å². The van der Waals surface area contributed by atoms with Crippen molar-refractivity contribution in [2.24, 2.45) is 0 Å². The highest BCUT2D eigenvalue weighted by Gasteiger charge is 2.14. The minimum atomic E-state index is -3.34. The van der Waals surface area contributed by atoms with Crippen LogP contribution >= 0.6 is 15.9 Å². The molecule has 0 aromatic heterocycles. The average Bonchev–Trinajstić information content (AvgIpc) is 2.50. The molecule has 0 aliphatic heterocycles. The zero-order chi connectivity index (χ0) is 16.9. The van der Waals surface area contributed by atoms with Gasteiger partial charge in [-0.25, -0.2) is 8.42 Å². The van der Waals surface area contributed by atoms with E-state index in [1.54, 1.807) is 36.4 Å². The van der Waals surface area contributed by atoms with Crippen molar-refractivity contribution in [1.29, 1.82) is 0 Å². The second-order valence-corrected chi connectivity index (χ2v) is 8.32. The quantitative estimate of drug-likeness (QED) is 0.804. The Balaban J connectivity index is 1.85. The van der Waals surface area contributed by atoms with E-state index in [2.05, 4.69) is 21.2 Å². The molecule has 2 aromatic carbocycles. The maximum atomic E-state index is 12.2. The predicted molar refractivity (Wildman–Crippen MR) is 95.2 cm³/mol. The Kier molecular flexibility index (Phi) is 5.96. The third-order valence-corrected chi connectivity index (χ3v) is 5.67. The van der Waals surface area contributed by atoms with Gasteiger partial charge in [0.05, 0.1) is 10.6 Å². The Morgan fingerprint density at radius 1 is 1.04 bits per heavy atom. The lowest BCUT2D eigenvalue weighted by molar-refractivity contribution is -0.116. The van der Waals surface area contributed by atoms with Gasteiger partial charge in [0.25, 0.3) is 0 Å². The van der Waals surface area contributed by atoms with E-state index < -0.39 is 9.84 Å². The van der Waals surface area contributed by atoms with Crippen LogP contribution in [0.5, 0.6) is 0 Å². The largest absolute Gasteiger partial charge is 0.326 e. The van der Waals surface area contributed by atoms with Crippen molar-refractivity contribution in [3.63, 3.8) is 0 Å². The molecule has 23 heavy (non-hydrogen) atoms. The van der Waals surface area contributed by atoms with Gasteiger partial charge in [0.15, 0.2) is 9.84 Å². The monoisotopic (exact) mass is 395 g/mol. The summed E-state index contributed by atoms with van der Waals surface area (Å²) in [4.78, 5) is 12.1. The molecular formula is C17H18BrNO3S. The van der Waals surface area contributed by atoms with Crippen molar-refractivity contribution in [2.45, 2.75) is 24.7 Å². The zero-order valence-corrected chi connectivity index (χ0v) is 15.2. The molecule has 1 amide bonds. The molecular weight excluding hydrogens is 378 g/mol. The summed E-state index contributed by atoms with van der Waals surface area (Å²) in [5, 5.41) is 2.75. The molecule has 2 rings (SSSR count). The fraction of sp³-hybridized carbons (Fsp3) is 0.235. The van der Waals surface area contributed by atoms with E-state index in [0.29, 0.717) is 17.0 Å². The predicted octanol–water partition coefficient (Wildman–Crippen LogP) is 3.95. The lowest BCUT2D eigenvalue weighted by Gasteiger charge is -2.07. The van der Waals surface area contributed by atoms with Crippen molar-refractivity contribution >= 4 is 37.4 Å². The molecule has 0 atom stereocenters. The maximum Gasteiger partial charge on any atom is 0.224 e. The molecule has 0 unspecified atom stereocenters. The fourth-order valence-corrected chi connectivity index (χ4v) is 3.62. The third kappa shape index (κ3) is 5.48. The number of hydrogen-bond donors (Lipinski definition) is 1. The normalized spacial score (nSPS) is 11.2. The molecule has 1 N–H and O–H groups in total. The molecule has 0 bridgehead atoms. The van der Waals surface area contributed by atoms with Crippen LogP contribution in [0, 0.1) is 6.92 Å². The molecule has 0 aliphatic carbocycles. The van der Waals surface area contributed by atoms with Crippen LogP contribution < -0.4 is 5.32 Å². The van der Waals surface area contributed by atoms with Crippen molar-refractivity contribution in [3.05, 3.63) is 58.6 Å². The van der Waals surface area contributed by atoms with Gasteiger partial charge in [-0.05, 0) is 49.7 Å². The number of nitrogens with one attached hydrogen (secondary N) is 1. The van der Waals surface area contributed by atoms with Crippen LogP contribution in [0.2, 0.25) is 0 Å². The Hall–Kier alpha value is -1.66. The Morgan fingerprint density at radius 2 is 1.65 bits per heavy atom. The van der Waals surface area contributed by atoms with E-state index in [4.69, 9.17) is 0 Å². The van der Waals surface area contributed by atoms with E-state index in [1.807, 2.05) is 19.1 Å². The van der Waals surface area contributed by atoms with Crippen molar-refractivity contribution in [3.8, 4) is 0 Å². The van der Waals surface area contributed by atoms with Gasteiger partial charge < -0.3 is 5.32 Å². The number of benzene rings is 2. The number of carbonyl (C=O) groups is 1. The molecule has 0 aliphatic rings. The Morgan fingerprint density at radius 3 is 2.26 bits per heavy atom. The van der Waals surface area contributed by atoms with Gasteiger partial charge in [0.1, 0.15) is 0 Å². The van der Waals surface area contributed by atoms with Crippen molar-refractivity contribution in [2.75, 3.05) is 11.1 Å². The lowest BCUT2D eigenvalue weighted by Crippen LogP contribution is -2.14. The number of hydrogen-bond acceptors (Lipinski definition) is 3. The van der Waals surface area contributed by atoms with Gasteiger partial charge in [-0.1, -0.05) is 33.6 Å². The molecule has 0 heterocycles. The molecule has 0 fully saturated rings. The third-order valence-electron chi connectivity index (χ3n) is 3.32. The minimum absolute atomic E-state index is 0.0379. The maximum absolute atomic E-state index is 12.2. The molecule has 6 heteroatoms. The number of sulfone groups is 1. The summed E-state index contributed by atoms with van der Waals surface area (Å²) in [5.41, 5.74) is 1.71. The van der Waals surface area contributed by atoms with Gasteiger partial charge in [0, 0.05) is 16.6 Å². The van der Waals surface area contributed by atoms with E-state index in [1.165, 1.54) is 0 Å². The minimum Gasteiger partial charge on any atom is -0.326 e. The first-order valence-corrected chi connectivity index (χ1v) is 9.66. The van der Waals surface area contributed by atoms with Crippen LogP contribution in [0.15, 0.2) is 57.9 Å². The second kappa shape index (κ2) is 7.75. The van der Waals surface area contributed by atoms with Crippen LogP contribution in [0.3, 0.4) is 0 Å². The summed E-state index contributed by atoms with van der Waals surface area (Å²) in [6, 6.07) is 14.0. The van der Waals surface area contributed by atoms with Crippen LogP contribution in [0.1, 0.15) is 18.4 Å². The average molecular weight is 396 g/mol. The van der Waals surface area contributed by atoms with Gasteiger partial charge in [-0.3, -0.25) is 4.79 Å². The summed E-state index contributed by atoms with van der Waals surface area (Å²) in [7, 11) is -3.34. The second-order valence-electron chi connectivity index (χ2n) is 5.29. The smallest absolute Gasteiger partial charge is 0.224 e. The summed E-state index contributed by atoms with van der Waals surface area (Å²) in [6.07, 6.45) is 0.458. The van der Waals surface area contributed by atoms with Gasteiger partial charge in [-0.2, -0.15) is 0 Å².